The summed E-state index contributed by atoms with van der Waals surface area (Å²) < 4.78 is 2.16. The lowest BCUT2D eigenvalue weighted by atomic mass is 10.1. The number of hydrogen-bond donors (Lipinski definition) is 1. The third-order valence-corrected chi connectivity index (χ3v) is 4.50. The second-order valence-electron chi connectivity index (χ2n) is 5.14. The number of benzene rings is 1. The molecule has 0 saturated carbocycles. The van der Waals surface area contributed by atoms with Crippen LogP contribution in [0.2, 0.25) is 0 Å². The highest BCUT2D eigenvalue weighted by Gasteiger charge is 2.13. The molecule has 0 aliphatic carbocycles. The Balaban J connectivity index is 2.32. The van der Waals surface area contributed by atoms with Gasteiger partial charge >= 0.3 is 0 Å². The highest BCUT2D eigenvalue weighted by Crippen LogP contribution is 2.28. The molecule has 1 aromatic carbocycles. The quantitative estimate of drug-likeness (QED) is 0.738. The summed E-state index contributed by atoms with van der Waals surface area (Å²) in [6, 6.07) is 7.60. The van der Waals surface area contributed by atoms with Gasteiger partial charge in [0, 0.05) is 17.1 Å². The number of pyridine rings is 1. The van der Waals surface area contributed by atoms with Crippen LogP contribution in [-0.2, 0) is 0 Å². The smallest absolute Gasteiger partial charge is 0.248 e. The average Bonchev–Trinajstić information content (AvgIpc) is 2.73. The van der Waals surface area contributed by atoms with Crippen molar-refractivity contribution in [2.24, 2.45) is 0 Å². The molecule has 2 heterocycles. The minimum absolute atomic E-state index is 0.0715. The molecule has 21 heavy (non-hydrogen) atoms. The van der Waals surface area contributed by atoms with Gasteiger partial charge in [-0.15, -0.1) is 11.8 Å². The van der Waals surface area contributed by atoms with Gasteiger partial charge in [0.25, 0.3) is 0 Å². The van der Waals surface area contributed by atoms with Crippen LogP contribution in [0.15, 0.2) is 34.1 Å². The van der Waals surface area contributed by atoms with E-state index >= 15 is 0 Å². The van der Waals surface area contributed by atoms with Gasteiger partial charge in [-0.3, -0.25) is 9.36 Å². The molecule has 4 nitrogen and oxygen atoms in total. The first-order valence-electron chi connectivity index (χ1n) is 6.75. The van der Waals surface area contributed by atoms with E-state index in [4.69, 9.17) is 0 Å². The SMILES string of the molecule is CSc1c(C)nc(C)n1-c1cc(C)c2[nH]c(=O)ccc2c1. The summed E-state index contributed by atoms with van der Waals surface area (Å²) in [7, 11) is 0. The maximum Gasteiger partial charge on any atom is 0.248 e. The standard InChI is InChI=1S/C16H17N3OS/c1-9-7-13(8-12-5-6-14(20)18-15(9)12)19-11(3)17-10(2)16(19)21-4/h5-8H,1-4H3,(H,18,20). The molecule has 0 aliphatic rings. The van der Waals surface area contributed by atoms with Crippen LogP contribution in [0.5, 0.6) is 0 Å². The molecule has 3 aromatic rings. The first kappa shape index (κ1) is 13.9. The predicted molar refractivity (Wildman–Crippen MR) is 87.7 cm³/mol. The number of aromatic nitrogens is 3. The van der Waals surface area contributed by atoms with Crippen molar-refractivity contribution >= 4 is 22.7 Å². The summed E-state index contributed by atoms with van der Waals surface area (Å²) in [5.41, 5.74) is 4.00. The van der Waals surface area contributed by atoms with Crippen molar-refractivity contribution in [2.75, 3.05) is 6.26 Å². The van der Waals surface area contributed by atoms with Crippen molar-refractivity contribution in [3.8, 4) is 5.69 Å². The summed E-state index contributed by atoms with van der Waals surface area (Å²) in [6.45, 7) is 6.06. The number of aryl methyl sites for hydroxylation is 3. The van der Waals surface area contributed by atoms with Crippen molar-refractivity contribution in [3.05, 3.63) is 51.7 Å². The third-order valence-electron chi connectivity index (χ3n) is 3.63. The summed E-state index contributed by atoms with van der Waals surface area (Å²) in [6.07, 6.45) is 2.06. The van der Waals surface area contributed by atoms with E-state index in [1.807, 2.05) is 26.8 Å². The summed E-state index contributed by atoms with van der Waals surface area (Å²) in [4.78, 5) is 18.9. The molecule has 2 aromatic heterocycles. The molecule has 0 unspecified atom stereocenters. The van der Waals surface area contributed by atoms with Crippen molar-refractivity contribution in [1.82, 2.24) is 14.5 Å². The lowest BCUT2D eigenvalue weighted by molar-refractivity contribution is 0.896. The molecular weight excluding hydrogens is 282 g/mol. The normalized spacial score (nSPS) is 11.2. The zero-order chi connectivity index (χ0) is 15.1. The summed E-state index contributed by atoms with van der Waals surface area (Å²) in [5, 5.41) is 2.18. The van der Waals surface area contributed by atoms with Gasteiger partial charge in [-0.25, -0.2) is 4.98 Å². The Hall–Kier alpha value is -2.01. The van der Waals surface area contributed by atoms with Gasteiger partial charge in [-0.05, 0) is 50.8 Å². The molecule has 0 aliphatic heterocycles. The van der Waals surface area contributed by atoms with Crippen LogP contribution in [-0.4, -0.2) is 20.8 Å². The highest BCUT2D eigenvalue weighted by atomic mass is 32.2. The highest BCUT2D eigenvalue weighted by molar-refractivity contribution is 7.98. The molecule has 3 rings (SSSR count). The maximum atomic E-state index is 11.5. The predicted octanol–water partition coefficient (Wildman–Crippen LogP) is 3.36. The van der Waals surface area contributed by atoms with E-state index in [9.17, 15) is 4.79 Å². The van der Waals surface area contributed by atoms with Crippen LogP contribution in [0.3, 0.4) is 0 Å². The van der Waals surface area contributed by atoms with Crippen LogP contribution < -0.4 is 5.56 Å². The maximum absolute atomic E-state index is 11.5. The van der Waals surface area contributed by atoms with Gasteiger partial charge in [-0.2, -0.15) is 0 Å². The number of rotatable bonds is 2. The van der Waals surface area contributed by atoms with Gasteiger partial charge < -0.3 is 4.98 Å². The lowest BCUT2D eigenvalue weighted by Crippen LogP contribution is -2.05. The molecule has 108 valence electrons. The number of H-pyrrole nitrogens is 1. The molecule has 0 atom stereocenters. The first-order valence-corrected chi connectivity index (χ1v) is 7.97. The van der Waals surface area contributed by atoms with Gasteiger partial charge in [0.05, 0.1) is 11.2 Å². The average molecular weight is 299 g/mol. The van der Waals surface area contributed by atoms with Crippen molar-refractivity contribution in [3.63, 3.8) is 0 Å². The number of nitrogens with one attached hydrogen (secondary N) is 1. The summed E-state index contributed by atoms with van der Waals surface area (Å²) >= 11 is 1.69. The van der Waals surface area contributed by atoms with Crippen molar-refractivity contribution in [1.29, 1.82) is 0 Å². The molecular formula is C16H17N3OS. The number of hydrogen-bond acceptors (Lipinski definition) is 3. The van der Waals surface area contributed by atoms with E-state index in [2.05, 4.69) is 32.9 Å². The van der Waals surface area contributed by atoms with Gasteiger partial charge in [0.1, 0.15) is 10.9 Å². The molecule has 0 radical (unpaired) electrons. The number of aromatic amines is 1. The minimum Gasteiger partial charge on any atom is -0.322 e. The van der Waals surface area contributed by atoms with Gasteiger partial charge in [0.15, 0.2) is 0 Å². The largest absolute Gasteiger partial charge is 0.322 e. The van der Waals surface area contributed by atoms with Crippen LogP contribution in [0, 0.1) is 20.8 Å². The van der Waals surface area contributed by atoms with Crippen LogP contribution >= 0.6 is 11.8 Å². The fourth-order valence-corrected chi connectivity index (χ4v) is 3.51. The molecule has 0 saturated heterocycles. The molecule has 0 spiro atoms. The third kappa shape index (κ3) is 2.27. The zero-order valence-corrected chi connectivity index (χ0v) is 13.3. The Bertz CT molecular complexity index is 892. The van der Waals surface area contributed by atoms with E-state index in [0.29, 0.717) is 0 Å². The van der Waals surface area contributed by atoms with Crippen LogP contribution in [0.1, 0.15) is 17.1 Å². The lowest BCUT2D eigenvalue weighted by Gasteiger charge is -2.12. The monoisotopic (exact) mass is 299 g/mol. The number of imidazole rings is 1. The molecule has 0 bridgehead atoms. The van der Waals surface area contributed by atoms with E-state index in [1.165, 1.54) is 0 Å². The Morgan fingerprint density at radius 3 is 2.67 bits per heavy atom. The summed E-state index contributed by atoms with van der Waals surface area (Å²) in [5.74, 6) is 0.972. The fourth-order valence-electron chi connectivity index (χ4n) is 2.75. The first-order chi connectivity index (χ1) is 10.0. The topological polar surface area (TPSA) is 50.7 Å². The molecule has 0 amide bonds. The number of nitrogens with zero attached hydrogens (tertiary/aromatic N) is 2. The van der Waals surface area contributed by atoms with E-state index < -0.39 is 0 Å². The van der Waals surface area contributed by atoms with E-state index in [-0.39, 0.29) is 5.56 Å². The zero-order valence-electron chi connectivity index (χ0n) is 12.5. The Labute approximate surface area is 127 Å². The molecule has 5 heteroatoms. The second-order valence-corrected chi connectivity index (χ2v) is 5.93. The van der Waals surface area contributed by atoms with Crippen molar-refractivity contribution < 1.29 is 0 Å². The van der Waals surface area contributed by atoms with E-state index in [1.54, 1.807) is 17.8 Å². The van der Waals surface area contributed by atoms with E-state index in [0.717, 1.165) is 38.7 Å². The Kier molecular flexibility index (Phi) is 3.37. The van der Waals surface area contributed by atoms with Crippen LogP contribution in [0.4, 0.5) is 0 Å². The minimum atomic E-state index is -0.0715. The number of fused-ring (bicyclic) bond motifs is 1. The second kappa shape index (κ2) is 5.07. The fraction of sp³-hybridized carbons (Fsp3) is 0.250. The van der Waals surface area contributed by atoms with Gasteiger partial charge in [0.2, 0.25) is 5.56 Å². The van der Waals surface area contributed by atoms with Crippen LogP contribution in [0.25, 0.3) is 16.6 Å². The van der Waals surface area contributed by atoms with Gasteiger partial charge in [-0.1, -0.05) is 0 Å². The Morgan fingerprint density at radius 1 is 1.19 bits per heavy atom. The molecule has 1 N–H and O–H groups in total. The Morgan fingerprint density at radius 2 is 1.95 bits per heavy atom. The number of thioether (sulfide) groups is 1. The van der Waals surface area contributed by atoms with Crippen molar-refractivity contribution in [2.45, 2.75) is 25.8 Å². The molecule has 0 fully saturated rings.